The summed E-state index contributed by atoms with van der Waals surface area (Å²) in [7, 11) is 3.21. The molecule has 0 saturated carbocycles. The monoisotopic (exact) mass is 478 g/mol. The zero-order valence-electron chi connectivity index (χ0n) is 19.1. The molecule has 4 aromatic rings. The van der Waals surface area contributed by atoms with Gasteiger partial charge in [0.05, 0.1) is 37.4 Å². The number of likely N-dealkylation sites (tertiary alicyclic amines) is 1. The highest BCUT2D eigenvalue weighted by atomic mass is 32.1. The number of amides is 1. The fourth-order valence-corrected chi connectivity index (χ4v) is 5.38. The number of nitrogens with zero attached hydrogens (tertiary/aromatic N) is 3. The second kappa shape index (κ2) is 9.34. The van der Waals surface area contributed by atoms with Crippen molar-refractivity contribution < 1.29 is 14.3 Å². The van der Waals surface area contributed by atoms with Gasteiger partial charge in [-0.3, -0.25) is 9.36 Å². The molecule has 0 unspecified atom stereocenters. The lowest BCUT2D eigenvalue weighted by Crippen LogP contribution is -2.41. The van der Waals surface area contributed by atoms with Crippen LogP contribution in [0.3, 0.4) is 0 Å². The van der Waals surface area contributed by atoms with E-state index in [1.807, 2.05) is 57.3 Å². The topological polar surface area (TPSA) is 89.5 Å². The van der Waals surface area contributed by atoms with Crippen molar-refractivity contribution in [1.29, 1.82) is 0 Å². The fourth-order valence-electron chi connectivity index (χ4n) is 4.57. The summed E-state index contributed by atoms with van der Waals surface area (Å²) in [5, 5.41) is 2.77. The van der Waals surface area contributed by atoms with Crippen molar-refractivity contribution in [2.75, 3.05) is 27.3 Å². The number of nitrogens with one attached hydrogen (secondary N) is 1. The van der Waals surface area contributed by atoms with Crippen LogP contribution in [0.1, 0.15) is 24.6 Å². The molecule has 1 aliphatic rings. The molecule has 5 rings (SSSR count). The number of imidazole rings is 1. The number of carbonyl (C=O) groups excluding carboxylic acids is 1. The Morgan fingerprint density at radius 2 is 1.88 bits per heavy atom. The molecule has 176 valence electrons. The van der Waals surface area contributed by atoms with E-state index < -0.39 is 0 Å². The Morgan fingerprint density at radius 1 is 1.12 bits per heavy atom. The van der Waals surface area contributed by atoms with Gasteiger partial charge in [-0.2, -0.15) is 0 Å². The highest BCUT2D eigenvalue weighted by molar-refractivity contribution is 7.13. The highest BCUT2D eigenvalue weighted by Crippen LogP contribution is 2.33. The molecule has 1 aliphatic heterocycles. The smallest absolute Gasteiger partial charge is 0.326 e. The molecule has 1 N–H and O–H groups in total. The number of hydrogen-bond donors (Lipinski definition) is 1. The molecular weight excluding hydrogens is 452 g/mol. The highest BCUT2D eigenvalue weighted by Gasteiger charge is 2.26. The number of hydrogen-bond acceptors (Lipinski definition) is 6. The molecule has 2 aromatic heterocycles. The predicted octanol–water partition coefficient (Wildman–Crippen LogP) is 3.88. The Balaban J connectivity index is 1.23. The molecule has 34 heavy (non-hydrogen) atoms. The van der Waals surface area contributed by atoms with Crippen LogP contribution in [0.25, 0.3) is 21.6 Å². The van der Waals surface area contributed by atoms with Gasteiger partial charge in [0, 0.05) is 30.1 Å². The molecule has 0 spiro atoms. The number of methoxy groups -OCH3 is 2. The van der Waals surface area contributed by atoms with E-state index in [1.54, 1.807) is 14.2 Å². The lowest BCUT2D eigenvalue weighted by Gasteiger charge is -2.32. The van der Waals surface area contributed by atoms with Crippen LogP contribution in [0.5, 0.6) is 11.5 Å². The first kappa shape index (κ1) is 22.2. The van der Waals surface area contributed by atoms with Crippen LogP contribution < -0.4 is 15.2 Å². The summed E-state index contributed by atoms with van der Waals surface area (Å²) >= 11 is 1.51. The Bertz CT molecular complexity index is 1380. The van der Waals surface area contributed by atoms with Crippen molar-refractivity contribution >= 4 is 28.3 Å². The third-order valence-corrected chi connectivity index (χ3v) is 7.26. The largest absolute Gasteiger partial charge is 0.493 e. The summed E-state index contributed by atoms with van der Waals surface area (Å²) in [6, 6.07) is 13.5. The number of H-pyrrole nitrogens is 1. The number of para-hydroxylation sites is 2. The molecule has 0 atom stereocenters. The standard InChI is InChI=1S/C25H26N4O4S/c1-32-21-8-7-16(13-22(21)33-2)24-26-17(15-34-24)14-23(30)28-11-9-18(10-12-28)29-20-6-4-3-5-19(20)27-25(29)31/h3-8,13,15,18H,9-12,14H2,1-2H3,(H,27,31). The van der Waals surface area contributed by atoms with Gasteiger partial charge in [-0.25, -0.2) is 9.78 Å². The number of piperidine rings is 1. The molecule has 2 aromatic carbocycles. The maximum absolute atomic E-state index is 12.9. The van der Waals surface area contributed by atoms with Crippen LogP contribution in [0.2, 0.25) is 0 Å². The average Bonchev–Trinajstić information content (AvgIpc) is 3.47. The van der Waals surface area contributed by atoms with Crippen LogP contribution in [0.4, 0.5) is 0 Å². The Kier molecular flexibility index (Phi) is 6.10. The van der Waals surface area contributed by atoms with Crippen molar-refractivity contribution in [2.24, 2.45) is 0 Å². The first-order valence-corrected chi connectivity index (χ1v) is 12.1. The van der Waals surface area contributed by atoms with Gasteiger partial charge in [-0.15, -0.1) is 11.3 Å². The van der Waals surface area contributed by atoms with E-state index in [9.17, 15) is 9.59 Å². The molecule has 1 fully saturated rings. The Labute approximate surface area is 200 Å². The minimum atomic E-state index is -0.0869. The molecule has 0 aliphatic carbocycles. The minimum absolute atomic E-state index is 0.0638. The molecular formula is C25H26N4O4S. The maximum atomic E-state index is 12.9. The lowest BCUT2D eigenvalue weighted by molar-refractivity contribution is -0.131. The third-order valence-electron chi connectivity index (χ3n) is 6.32. The average molecular weight is 479 g/mol. The fraction of sp³-hybridized carbons (Fsp3) is 0.320. The van der Waals surface area contributed by atoms with Crippen molar-refractivity contribution in [3.63, 3.8) is 0 Å². The van der Waals surface area contributed by atoms with Gasteiger partial charge >= 0.3 is 5.69 Å². The summed E-state index contributed by atoms with van der Waals surface area (Å²) < 4.78 is 12.5. The summed E-state index contributed by atoms with van der Waals surface area (Å²) in [4.78, 5) is 34.9. The quantitative estimate of drug-likeness (QED) is 0.454. The SMILES string of the molecule is COc1ccc(-c2nc(CC(=O)N3CCC(n4c(=O)[nH]c5ccccc54)CC3)cs2)cc1OC. The number of aromatic amines is 1. The van der Waals surface area contributed by atoms with Crippen LogP contribution in [0.15, 0.2) is 52.6 Å². The maximum Gasteiger partial charge on any atom is 0.326 e. The van der Waals surface area contributed by atoms with Crippen LogP contribution in [0, 0.1) is 0 Å². The van der Waals surface area contributed by atoms with Crippen molar-refractivity contribution in [3.8, 4) is 22.1 Å². The van der Waals surface area contributed by atoms with E-state index in [-0.39, 0.29) is 24.1 Å². The second-order valence-corrected chi connectivity index (χ2v) is 9.18. The van der Waals surface area contributed by atoms with E-state index in [0.29, 0.717) is 24.6 Å². The van der Waals surface area contributed by atoms with Gasteiger partial charge in [-0.1, -0.05) is 12.1 Å². The lowest BCUT2D eigenvalue weighted by atomic mass is 10.0. The number of fused-ring (bicyclic) bond motifs is 1. The van der Waals surface area contributed by atoms with Crippen LogP contribution >= 0.6 is 11.3 Å². The molecule has 3 heterocycles. The van der Waals surface area contributed by atoms with Gasteiger partial charge in [-0.05, 0) is 43.2 Å². The second-order valence-electron chi connectivity index (χ2n) is 8.32. The number of thiazole rings is 1. The predicted molar refractivity (Wildman–Crippen MR) is 132 cm³/mol. The van der Waals surface area contributed by atoms with Crippen molar-refractivity contribution in [3.05, 3.63) is 64.0 Å². The van der Waals surface area contributed by atoms with E-state index in [1.165, 1.54) is 11.3 Å². The summed E-state index contributed by atoms with van der Waals surface area (Å²) in [6.45, 7) is 1.25. The number of aromatic nitrogens is 3. The zero-order chi connectivity index (χ0) is 23.7. The first-order valence-electron chi connectivity index (χ1n) is 11.2. The normalized spacial score (nSPS) is 14.5. The number of benzene rings is 2. The zero-order valence-corrected chi connectivity index (χ0v) is 19.9. The molecule has 8 nitrogen and oxygen atoms in total. The summed E-state index contributed by atoms with van der Waals surface area (Å²) in [6.07, 6.45) is 1.77. The number of carbonyl (C=O) groups is 1. The van der Waals surface area contributed by atoms with Crippen LogP contribution in [-0.2, 0) is 11.2 Å². The van der Waals surface area contributed by atoms with Gasteiger partial charge in [0.15, 0.2) is 11.5 Å². The van der Waals surface area contributed by atoms with Crippen molar-refractivity contribution in [1.82, 2.24) is 19.4 Å². The molecule has 1 saturated heterocycles. The molecule has 1 amide bonds. The van der Waals surface area contributed by atoms with Crippen LogP contribution in [-0.4, -0.2) is 52.7 Å². The van der Waals surface area contributed by atoms with E-state index in [0.717, 1.165) is 40.1 Å². The van der Waals surface area contributed by atoms with E-state index in [4.69, 9.17) is 9.47 Å². The third kappa shape index (κ3) is 4.19. The first-order chi connectivity index (χ1) is 16.6. The Morgan fingerprint density at radius 3 is 2.65 bits per heavy atom. The molecule has 9 heteroatoms. The summed E-state index contributed by atoms with van der Waals surface area (Å²) in [5.74, 6) is 1.37. The van der Waals surface area contributed by atoms with Gasteiger partial charge < -0.3 is 19.4 Å². The number of rotatable bonds is 6. The Hall–Kier alpha value is -3.59. The van der Waals surface area contributed by atoms with Gasteiger partial charge in [0.1, 0.15) is 5.01 Å². The molecule has 0 bridgehead atoms. The minimum Gasteiger partial charge on any atom is -0.493 e. The van der Waals surface area contributed by atoms with E-state index in [2.05, 4.69) is 9.97 Å². The van der Waals surface area contributed by atoms with Gasteiger partial charge in [0.25, 0.3) is 0 Å². The van der Waals surface area contributed by atoms with Gasteiger partial charge in [0.2, 0.25) is 5.91 Å². The number of ether oxygens (including phenoxy) is 2. The van der Waals surface area contributed by atoms with Crippen molar-refractivity contribution in [2.45, 2.75) is 25.3 Å². The van der Waals surface area contributed by atoms with E-state index >= 15 is 0 Å². The molecule has 0 radical (unpaired) electrons. The summed E-state index contributed by atoms with van der Waals surface area (Å²) in [5.41, 5.74) is 3.36.